The maximum atomic E-state index is 14.7. The van der Waals surface area contributed by atoms with Gasteiger partial charge in [-0.3, -0.25) is 9.38 Å². The summed E-state index contributed by atoms with van der Waals surface area (Å²) in [4.78, 5) is 4.43. The minimum absolute atomic E-state index is 0.0637. The van der Waals surface area contributed by atoms with Crippen molar-refractivity contribution in [1.29, 1.82) is 0 Å². The summed E-state index contributed by atoms with van der Waals surface area (Å²) in [5.74, 6) is 1.63. The van der Waals surface area contributed by atoms with E-state index in [0.29, 0.717) is 47.4 Å². The van der Waals surface area contributed by atoms with Crippen LogP contribution in [0.4, 0.5) is 10.2 Å². The molecule has 5 heterocycles. The summed E-state index contributed by atoms with van der Waals surface area (Å²) in [5.41, 5.74) is 3.20. The van der Waals surface area contributed by atoms with Crippen LogP contribution in [0, 0.1) is 5.82 Å². The van der Waals surface area contributed by atoms with Gasteiger partial charge in [-0.25, -0.2) is 4.39 Å². The maximum Gasteiger partial charge on any atom is 0.170 e. The lowest BCUT2D eigenvalue weighted by molar-refractivity contribution is 0.0739. The zero-order valence-electron chi connectivity index (χ0n) is 18.2. The molecule has 168 valence electrons. The number of hydrogen-bond donors (Lipinski definition) is 2. The molecule has 6 rings (SSSR count). The van der Waals surface area contributed by atoms with Gasteiger partial charge in [0, 0.05) is 35.0 Å². The maximum absolute atomic E-state index is 14.7. The Balaban J connectivity index is 1.46. The predicted molar refractivity (Wildman–Crippen MR) is 119 cm³/mol. The molecule has 0 spiro atoms. The summed E-state index contributed by atoms with van der Waals surface area (Å²) < 4.78 is 28.6. The van der Waals surface area contributed by atoms with Gasteiger partial charge in [-0.05, 0) is 38.1 Å². The van der Waals surface area contributed by atoms with Crippen molar-refractivity contribution < 1.29 is 19.0 Å². The highest BCUT2D eigenvalue weighted by molar-refractivity contribution is 5.81. The van der Waals surface area contributed by atoms with Gasteiger partial charge in [-0.1, -0.05) is 6.07 Å². The Morgan fingerprint density at radius 1 is 1.15 bits per heavy atom. The molecule has 2 aliphatic rings. The van der Waals surface area contributed by atoms with E-state index < -0.39 is 5.60 Å². The molecule has 0 aliphatic carbocycles. The number of aromatic nitrogens is 4. The van der Waals surface area contributed by atoms with E-state index in [1.165, 1.54) is 6.07 Å². The number of rotatable bonds is 2. The second-order valence-corrected chi connectivity index (χ2v) is 8.90. The topological polar surface area (TPSA) is 93.8 Å². The number of anilines is 1. The number of hydrogen-bond acceptors (Lipinski definition) is 7. The molecular weight excluding hydrogens is 425 g/mol. The summed E-state index contributed by atoms with van der Waals surface area (Å²) >= 11 is 0. The average molecular weight is 447 g/mol. The zero-order valence-corrected chi connectivity index (χ0v) is 18.2. The van der Waals surface area contributed by atoms with E-state index in [9.17, 15) is 9.50 Å². The summed E-state index contributed by atoms with van der Waals surface area (Å²) in [7, 11) is 0. The quantitative estimate of drug-likeness (QED) is 0.485. The van der Waals surface area contributed by atoms with Gasteiger partial charge in [-0.15, -0.1) is 10.2 Å². The molecule has 8 nitrogen and oxygen atoms in total. The largest absolute Gasteiger partial charge is 0.493 e. The van der Waals surface area contributed by atoms with Crippen LogP contribution in [-0.4, -0.2) is 37.9 Å². The van der Waals surface area contributed by atoms with Crippen LogP contribution in [0.25, 0.3) is 16.8 Å². The van der Waals surface area contributed by atoms with E-state index in [1.807, 2.05) is 12.1 Å². The molecule has 0 fully saturated rings. The van der Waals surface area contributed by atoms with Gasteiger partial charge in [0.25, 0.3) is 0 Å². The van der Waals surface area contributed by atoms with Gasteiger partial charge >= 0.3 is 0 Å². The Labute approximate surface area is 189 Å². The Bertz CT molecular complexity index is 1380. The van der Waals surface area contributed by atoms with E-state index >= 15 is 0 Å². The van der Waals surface area contributed by atoms with E-state index in [1.54, 1.807) is 42.9 Å². The van der Waals surface area contributed by atoms with Crippen LogP contribution in [0.5, 0.6) is 11.5 Å². The highest BCUT2D eigenvalue weighted by Gasteiger charge is 2.31. The lowest BCUT2D eigenvalue weighted by Crippen LogP contribution is -2.17. The molecule has 9 heteroatoms. The number of pyridine rings is 2. The minimum atomic E-state index is -1.04. The number of ether oxygens (including phenoxy) is 2. The standard InChI is InChI=1S/C24H22FN5O3/c1-24(2,31)20-6-3-13(8-26-20)15-7-19-23(30-12-28-29-22(15)30)27-9-16-17(25)4-5-18-21(16)14(10-32-18)11-33-19/h3-8,12,14,27,31H,9-11H2,1-2H3/t14-/m1/s1. The Morgan fingerprint density at radius 3 is 2.73 bits per heavy atom. The fourth-order valence-electron chi connectivity index (χ4n) is 4.51. The molecule has 0 bridgehead atoms. The lowest BCUT2D eigenvalue weighted by atomic mass is 9.96. The molecule has 2 N–H and O–H groups in total. The van der Waals surface area contributed by atoms with E-state index in [0.717, 1.165) is 16.7 Å². The number of benzene rings is 1. The fraction of sp³-hybridized carbons (Fsp3) is 0.292. The second-order valence-electron chi connectivity index (χ2n) is 8.90. The van der Waals surface area contributed by atoms with Crippen LogP contribution in [0.15, 0.2) is 42.9 Å². The third kappa shape index (κ3) is 3.19. The molecule has 3 aromatic heterocycles. The number of fused-ring (bicyclic) bond motifs is 3. The van der Waals surface area contributed by atoms with Crippen molar-refractivity contribution in [2.75, 3.05) is 18.5 Å². The third-order valence-electron chi connectivity index (χ3n) is 6.22. The van der Waals surface area contributed by atoms with Crippen LogP contribution in [-0.2, 0) is 12.1 Å². The van der Waals surface area contributed by atoms with Gasteiger partial charge in [0.15, 0.2) is 17.2 Å². The van der Waals surface area contributed by atoms with E-state index in [4.69, 9.17) is 9.47 Å². The number of halogens is 1. The van der Waals surface area contributed by atoms with Gasteiger partial charge in [0.05, 0.1) is 24.8 Å². The van der Waals surface area contributed by atoms with Crippen molar-refractivity contribution in [1.82, 2.24) is 19.6 Å². The molecule has 0 amide bonds. The number of aliphatic hydroxyl groups is 1. The average Bonchev–Trinajstić information content (AvgIpc) is 3.44. The van der Waals surface area contributed by atoms with Crippen molar-refractivity contribution in [2.45, 2.75) is 31.9 Å². The first-order chi connectivity index (χ1) is 15.9. The molecule has 0 saturated heterocycles. The molecule has 0 unspecified atom stereocenters. The van der Waals surface area contributed by atoms with Crippen LogP contribution >= 0.6 is 0 Å². The Morgan fingerprint density at radius 2 is 1.97 bits per heavy atom. The van der Waals surface area contributed by atoms with Crippen molar-refractivity contribution >= 4 is 11.5 Å². The summed E-state index contributed by atoms with van der Waals surface area (Å²) in [5, 5.41) is 21.9. The van der Waals surface area contributed by atoms with Crippen LogP contribution in [0.1, 0.15) is 36.6 Å². The first kappa shape index (κ1) is 19.9. The van der Waals surface area contributed by atoms with Crippen LogP contribution < -0.4 is 14.8 Å². The highest BCUT2D eigenvalue weighted by Crippen LogP contribution is 2.41. The van der Waals surface area contributed by atoms with Gasteiger partial charge < -0.3 is 19.9 Å². The lowest BCUT2D eigenvalue weighted by Gasteiger charge is -2.18. The molecule has 33 heavy (non-hydrogen) atoms. The molecule has 4 aromatic rings. The smallest absolute Gasteiger partial charge is 0.170 e. The number of nitrogens with one attached hydrogen (secondary N) is 1. The van der Waals surface area contributed by atoms with Crippen molar-refractivity contribution in [3.63, 3.8) is 0 Å². The summed E-state index contributed by atoms with van der Waals surface area (Å²) in [6.45, 7) is 4.46. The van der Waals surface area contributed by atoms with Crippen LogP contribution in [0.3, 0.4) is 0 Å². The van der Waals surface area contributed by atoms with Gasteiger partial charge in [0.1, 0.15) is 23.5 Å². The molecule has 2 aliphatic heterocycles. The molecule has 0 radical (unpaired) electrons. The van der Waals surface area contributed by atoms with Crippen LogP contribution in [0.2, 0.25) is 0 Å². The Kier molecular flexibility index (Phi) is 4.31. The second kappa shape index (κ2) is 7.14. The summed E-state index contributed by atoms with van der Waals surface area (Å²) in [6, 6.07) is 8.71. The normalized spacial score (nSPS) is 17.2. The van der Waals surface area contributed by atoms with E-state index in [-0.39, 0.29) is 18.3 Å². The molecular formula is C24H22FN5O3. The summed E-state index contributed by atoms with van der Waals surface area (Å²) in [6.07, 6.45) is 3.30. The number of nitrogens with zero attached hydrogens (tertiary/aromatic N) is 4. The van der Waals surface area contributed by atoms with E-state index in [2.05, 4.69) is 20.5 Å². The van der Waals surface area contributed by atoms with Gasteiger partial charge in [0.2, 0.25) is 0 Å². The monoisotopic (exact) mass is 447 g/mol. The molecule has 1 atom stereocenters. The Hall–Kier alpha value is -3.72. The SMILES string of the molecule is CC(C)(O)c1ccc(-c2cc3c(n4cnnc24)NCc2c(F)ccc4c2[C@H](CO4)CO3)cn1. The highest BCUT2D eigenvalue weighted by atomic mass is 19.1. The zero-order chi connectivity index (χ0) is 22.7. The van der Waals surface area contributed by atoms with Crippen molar-refractivity contribution in [2.24, 2.45) is 0 Å². The third-order valence-corrected chi connectivity index (χ3v) is 6.22. The molecule has 0 saturated carbocycles. The first-order valence-corrected chi connectivity index (χ1v) is 10.8. The minimum Gasteiger partial charge on any atom is -0.493 e. The first-order valence-electron chi connectivity index (χ1n) is 10.8. The van der Waals surface area contributed by atoms with Crippen molar-refractivity contribution in [3.05, 3.63) is 65.5 Å². The molecule has 1 aromatic carbocycles. The van der Waals surface area contributed by atoms with Crippen molar-refractivity contribution in [3.8, 4) is 22.6 Å². The predicted octanol–water partition coefficient (Wildman–Crippen LogP) is 3.64. The fourth-order valence-corrected chi connectivity index (χ4v) is 4.51. The van der Waals surface area contributed by atoms with Gasteiger partial charge in [-0.2, -0.15) is 0 Å².